The van der Waals surface area contributed by atoms with Gasteiger partial charge >= 0.3 is 0 Å². The smallest absolute Gasteiger partial charge is 0.240 e. The average Bonchev–Trinajstić information content (AvgIpc) is 2.07. The summed E-state index contributed by atoms with van der Waals surface area (Å²) < 4.78 is -0.532. The Balaban J connectivity index is 2.80. The van der Waals surface area contributed by atoms with Gasteiger partial charge in [-0.25, -0.2) is 0 Å². The molecule has 0 spiro atoms. The number of benzene rings is 1. The van der Waals surface area contributed by atoms with Crippen LogP contribution in [0.15, 0.2) is 24.3 Å². The van der Waals surface area contributed by atoms with Gasteiger partial charge in [-0.3, -0.25) is 4.79 Å². The Morgan fingerprint density at radius 3 is 2.43 bits per heavy atom. The molecule has 1 N–H and O–H groups in total. The molecule has 0 bridgehead atoms. The van der Waals surface area contributed by atoms with Crippen molar-refractivity contribution in [2.75, 3.05) is 5.32 Å². The van der Waals surface area contributed by atoms with Crippen molar-refractivity contribution in [3.8, 4) is 0 Å². The lowest BCUT2D eigenvalue weighted by atomic mass is 10.1. The minimum Gasteiger partial charge on any atom is -0.325 e. The molecule has 0 fully saturated rings. The molecular weight excluding hydrogens is 242 g/mol. The van der Waals surface area contributed by atoms with Crippen molar-refractivity contribution >= 4 is 27.5 Å². The van der Waals surface area contributed by atoms with Crippen molar-refractivity contribution in [3.63, 3.8) is 0 Å². The zero-order valence-corrected chi connectivity index (χ0v) is 10.2. The quantitative estimate of drug-likeness (QED) is 0.809. The predicted octanol–water partition coefficient (Wildman–Crippen LogP) is 3.11. The molecule has 0 saturated heterocycles. The molecule has 1 amide bonds. The average molecular weight is 256 g/mol. The Morgan fingerprint density at radius 2 is 1.93 bits per heavy atom. The van der Waals surface area contributed by atoms with E-state index in [1.54, 1.807) is 0 Å². The normalized spacial score (nSPS) is 11.1. The van der Waals surface area contributed by atoms with Crippen LogP contribution in [0.5, 0.6) is 0 Å². The molecule has 14 heavy (non-hydrogen) atoms. The Kier molecular flexibility index (Phi) is 3.32. The van der Waals surface area contributed by atoms with E-state index in [0.717, 1.165) is 11.3 Å². The van der Waals surface area contributed by atoms with Gasteiger partial charge in [0.25, 0.3) is 0 Å². The molecule has 0 saturated carbocycles. The summed E-state index contributed by atoms with van der Waals surface area (Å²) in [5.41, 5.74) is 1.93. The molecule has 2 nitrogen and oxygen atoms in total. The van der Waals surface area contributed by atoms with Crippen LogP contribution in [-0.2, 0) is 4.79 Å². The second-order valence-corrected chi connectivity index (χ2v) is 5.72. The van der Waals surface area contributed by atoms with E-state index in [2.05, 4.69) is 21.2 Å². The molecule has 0 atom stereocenters. The van der Waals surface area contributed by atoms with Crippen LogP contribution in [0.25, 0.3) is 0 Å². The van der Waals surface area contributed by atoms with Crippen molar-refractivity contribution in [1.82, 2.24) is 0 Å². The van der Waals surface area contributed by atoms with Gasteiger partial charge in [0.1, 0.15) is 0 Å². The molecule has 3 heteroatoms. The van der Waals surface area contributed by atoms with Gasteiger partial charge in [0, 0.05) is 5.69 Å². The summed E-state index contributed by atoms with van der Waals surface area (Å²) in [4.78, 5) is 11.6. The van der Waals surface area contributed by atoms with Crippen molar-refractivity contribution < 1.29 is 4.79 Å². The number of carbonyl (C=O) groups is 1. The van der Waals surface area contributed by atoms with Gasteiger partial charge in [-0.1, -0.05) is 34.1 Å². The zero-order chi connectivity index (χ0) is 10.8. The molecule has 76 valence electrons. The highest BCUT2D eigenvalue weighted by Crippen LogP contribution is 2.20. The second-order valence-electron chi connectivity index (χ2n) is 3.74. The summed E-state index contributed by atoms with van der Waals surface area (Å²) in [6, 6.07) is 7.72. The number of alkyl halides is 1. The molecule has 0 unspecified atom stereocenters. The van der Waals surface area contributed by atoms with E-state index in [-0.39, 0.29) is 5.91 Å². The maximum Gasteiger partial charge on any atom is 0.240 e. The number of aryl methyl sites for hydroxylation is 1. The molecule has 0 aromatic heterocycles. The molecule has 0 heterocycles. The van der Waals surface area contributed by atoms with Crippen LogP contribution in [0.2, 0.25) is 0 Å². The van der Waals surface area contributed by atoms with Crippen molar-refractivity contribution in [3.05, 3.63) is 29.8 Å². The molecule has 0 aliphatic rings. The fourth-order valence-corrected chi connectivity index (χ4v) is 1.08. The third-order valence-corrected chi connectivity index (χ3v) is 2.29. The number of halogens is 1. The first-order valence-electron chi connectivity index (χ1n) is 4.47. The van der Waals surface area contributed by atoms with E-state index >= 15 is 0 Å². The number of para-hydroxylation sites is 1. The Morgan fingerprint density at radius 1 is 1.36 bits per heavy atom. The molecule has 0 aliphatic heterocycles. The number of hydrogen-bond donors (Lipinski definition) is 1. The largest absolute Gasteiger partial charge is 0.325 e. The lowest BCUT2D eigenvalue weighted by Gasteiger charge is -2.16. The van der Waals surface area contributed by atoms with Crippen LogP contribution < -0.4 is 5.32 Å². The maximum absolute atomic E-state index is 11.6. The van der Waals surface area contributed by atoms with Gasteiger partial charge in [-0.05, 0) is 32.4 Å². The van der Waals surface area contributed by atoms with E-state index in [1.165, 1.54) is 0 Å². The van der Waals surface area contributed by atoms with Crippen LogP contribution in [0.4, 0.5) is 5.69 Å². The van der Waals surface area contributed by atoms with E-state index in [9.17, 15) is 4.79 Å². The van der Waals surface area contributed by atoms with Crippen LogP contribution >= 0.6 is 15.9 Å². The Labute approximate surface area is 92.8 Å². The fourth-order valence-electron chi connectivity index (χ4n) is 0.984. The van der Waals surface area contributed by atoms with Gasteiger partial charge in [0.05, 0.1) is 4.32 Å². The first kappa shape index (κ1) is 11.2. The SMILES string of the molecule is Cc1ccccc1NC(=O)C(C)(C)Br. The molecular formula is C11H14BrNO. The summed E-state index contributed by atoms with van der Waals surface area (Å²) in [5.74, 6) is -0.0354. The van der Waals surface area contributed by atoms with Crippen LogP contribution in [0.3, 0.4) is 0 Å². The monoisotopic (exact) mass is 255 g/mol. The maximum atomic E-state index is 11.6. The lowest BCUT2D eigenvalue weighted by molar-refractivity contribution is -0.117. The van der Waals surface area contributed by atoms with Crippen molar-refractivity contribution in [2.24, 2.45) is 0 Å². The first-order chi connectivity index (χ1) is 6.41. The van der Waals surface area contributed by atoms with Crippen molar-refractivity contribution in [1.29, 1.82) is 0 Å². The van der Waals surface area contributed by atoms with Gasteiger partial charge < -0.3 is 5.32 Å². The number of carbonyl (C=O) groups excluding carboxylic acids is 1. The Hall–Kier alpha value is -0.830. The standard InChI is InChI=1S/C11H14BrNO/c1-8-6-4-5-7-9(8)13-10(14)11(2,3)12/h4-7H,1-3H3,(H,13,14). The molecule has 0 aliphatic carbocycles. The van der Waals surface area contributed by atoms with Gasteiger partial charge in [-0.15, -0.1) is 0 Å². The van der Waals surface area contributed by atoms with E-state index in [4.69, 9.17) is 0 Å². The molecule has 1 aromatic rings. The number of anilines is 1. The van der Waals surface area contributed by atoms with Crippen LogP contribution in [0, 0.1) is 6.92 Å². The van der Waals surface area contributed by atoms with E-state index in [0.29, 0.717) is 0 Å². The van der Waals surface area contributed by atoms with Gasteiger partial charge in [-0.2, -0.15) is 0 Å². The number of rotatable bonds is 2. The highest BCUT2D eigenvalue weighted by Gasteiger charge is 2.23. The minimum atomic E-state index is -0.532. The number of hydrogen-bond acceptors (Lipinski definition) is 1. The zero-order valence-electron chi connectivity index (χ0n) is 8.60. The Bertz CT molecular complexity index is 341. The highest BCUT2D eigenvalue weighted by atomic mass is 79.9. The summed E-state index contributed by atoms with van der Waals surface area (Å²) >= 11 is 3.31. The summed E-state index contributed by atoms with van der Waals surface area (Å²) in [6.07, 6.45) is 0. The third kappa shape index (κ3) is 2.84. The number of amides is 1. The summed E-state index contributed by atoms with van der Waals surface area (Å²) in [5, 5.41) is 2.86. The first-order valence-corrected chi connectivity index (χ1v) is 5.26. The summed E-state index contributed by atoms with van der Waals surface area (Å²) in [6.45, 7) is 5.61. The van der Waals surface area contributed by atoms with Crippen LogP contribution in [0.1, 0.15) is 19.4 Å². The molecule has 0 radical (unpaired) electrons. The van der Waals surface area contributed by atoms with E-state index in [1.807, 2.05) is 45.0 Å². The highest BCUT2D eigenvalue weighted by molar-refractivity contribution is 9.10. The lowest BCUT2D eigenvalue weighted by Crippen LogP contribution is -2.31. The molecule has 1 aromatic carbocycles. The second kappa shape index (κ2) is 4.13. The van der Waals surface area contributed by atoms with Crippen molar-refractivity contribution in [2.45, 2.75) is 25.1 Å². The number of nitrogens with one attached hydrogen (secondary N) is 1. The minimum absolute atomic E-state index is 0.0354. The third-order valence-electron chi connectivity index (χ3n) is 1.93. The van der Waals surface area contributed by atoms with Gasteiger partial charge in [0.2, 0.25) is 5.91 Å². The van der Waals surface area contributed by atoms with Gasteiger partial charge in [0.15, 0.2) is 0 Å². The van der Waals surface area contributed by atoms with E-state index < -0.39 is 4.32 Å². The predicted molar refractivity (Wildman–Crippen MR) is 62.8 cm³/mol. The molecule has 1 rings (SSSR count). The van der Waals surface area contributed by atoms with Crippen LogP contribution in [-0.4, -0.2) is 10.2 Å². The summed E-state index contributed by atoms with van der Waals surface area (Å²) in [7, 11) is 0. The fraction of sp³-hybridized carbons (Fsp3) is 0.364. The topological polar surface area (TPSA) is 29.1 Å².